The van der Waals surface area contributed by atoms with Crippen LogP contribution in [0.1, 0.15) is 113 Å². The number of esters is 1. The Kier molecular flexibility index (Phi) is 14.5. The Morgan fingerprint density at radius 1 is 0.652 bits per heavy atom. The molecule has 4 aromatic rings. The van der Waals surface area contributed by atoms with Gasteiger partial charge < -0.3 is 13.9 Å². The molecule has 0 unspecified atom stereocenters. The van der Waals surface area contributed by atoms with Gasteiger partial charge in [0, 0.05) is 17.5 Å². The molecule has 0 bridgehead atoms. The van der Waals surface area contributed by atoms with Crippen molar-refractivity contribution in [3.8, 4) is 11.5 Å². The number of rotatable bonds is 20. The number of ether oxygens (including phenoxy) is 2. The van der Waals surface area contributed by atoms with Gasteiger partial charge in [-0.2, -0.15) is 10.2 Å². The molecule has 0 radical (unpaired) electrons. The standard InChI is InChI=1S/C39H48N2O5/c1-3-4-5-6-7-8-9-10-11-12-13-14-15-16-27-44-34-23-21-33(22-24-34)41-40-32-19-17-31(18-20-32)39(43)45-35-25-26-36-30(2)28-38(42)46-37(36)29-35/h17-26,28-29H,3-16,27H2,1-2H3. The number of azo groups is 1. The minimum Gasteiger partial charge on any atom is -0.494 e. The summed E-state index contributed by atoms with van der Waals surface area (Å²) in [4.78, 5) is 24.3. The third-order valence-corrected chi connectivity index (χ3v) is 8.12. The van der Waals surface area contributed by atoms with Crippen LogP contribution in [-0.4, -0.2) is 12.6 Å². The lowest BCUT2D eigenvalue weighted by molar-refractivity contribution is 0.0735. The van der Waals surface area contributed by atoms with E-state index >= 15 is 0 Å². The second kappa shape index (κ2) is 19.3. The average Bonchev–Trinajstić information content (AvgIpc) is 3.06. The van der Waals surface area contributed by atoms with Gasteiger partial charge in [0.1, 0.15) is 17.1 Å². The van der Waals surface area contributed by atoms with Crippen LogP contribution in [0.15, 0.2) is 92.2 Å². The fourth-order valence-corrected chi connectivity index (χ4v) is 5.41. The molecule has 3 aromatic carbocycles. The van der Waals surface area contributed by atoms with Crippen molar-refractivity contribution in [2.24, 2.45) is 10.2 Å². The molecule has 0 aliphatic carbocycles. The predicted molar refractivity (Wildman–Crippen MR) is 185 cm³/mol. The third kappa shape index (κ3) is 11.9. The van der Waals surface area contributed by atoms with Gasteiger partial charge in [0.15, 0.2) is 0 Å². The van der Waals surface area contributed by atoms with E-state index in [1.165, 1.54) is 89.5 Å². The maximum atomic E-state index is 12.6. The predicted octanol–water partition coefficient (Wildman–Crippen LogP) is 11.6. The van der Waals surface area contributed by atoms with Gasteiger partial charge in [0.05, 0.1) is 23.5 Å². The van der Waals surface area contributed by atoms with Crippen LogP contribution in [-0.2, 0) is 0 Å². The van der Waals surface area contributed by atoms with Gasteiger partial charge in [-0.15, -0.1) is 0 Å². The first-order chi connectivity index (χ1) is 22.5. The van der Waals surface area contributed by atoms with Crippen molar-refractivity contribution in [2.75, 3.05) is 6.61 Å². The first-order valence-electron chi connectivity index (χ1n) is 17.0. The summed E-state index contributed by atoms with van der Waals surface area (Å²) in [6, 6.07) is 20.7. The second-order valence-electron chi connectivity index (χ2n) is 12.0. The highest BCUT2D eigenvalue weighted by Crippen LogP contribution is 2.25. The number of fused-ring (bicyclic) bond motifs is 1. The molecule has 244 valence electrons. The molecule has 0 aliphatic heterocycles. The van der Waals surface area contributed by atoms with Gasteiger partial charge in [-0.25, -0.2) is 9.59 Å². The third-order valence-electron chi connectivity index (χ3n) is 8.12. The van der Waals surface area contributed by atoms with Crippen LogP contribution in [0.3, 0.4) is 0 Å². The fourth-order valence-electron chi connectivity index (χ4n) is 5.41. The number of nitrogens with zero attached hydrogens (tertiary/aromatic N) is 2. The number of aryl methyl sites for hydroxylation is 1. The Morgan fingerprint density at radius 2 is 1.17 bits per heavy atom. The Bertz CT molecular complexity index is 1580. The molecular weight excluding hydrogens is 576 g/mol. The molecular formula is C39H48N2O5. The van der Waals surface area contributed by atoms with E-state index in [0.29, 0.717) is 28.3 Å². The lowest BCUT2D eigenvalue weighted by Crippen LogP contribution is -2.08. The summed E-state index contributed by atoms with van der Waals surface area (Å²) in [6.45, 7) is 4.83. The molecule has 0 aliphatic rings. The normalized spacial score (nSPS) is 11.3. The van der Waals surface area contributed by atoms with E-state index in [4.69, 9.17) is 13.9 Å². The summed E-state index contributed by atoms with van der Waals surface area (Å²) in [5.74, 6) is 0.602. The van der Waals surface area contributed by atoms with Gasteiger partial charge in [0.2, 0.25) is 0 Å². The lowest BCUT2D eigenvalue weighted by Gasteiger charge is -2.07. The quantitative estimate of drug-likeness (QED) is 0.0321. The Labute approximate surface area is 273 Å². The maximum absolute atomic E-state index is 12.6. The van der Waals surface area contributed by atoms with E-state index < -0.39 is 11.6 Å². The van der Waals surface area contributed by atoms with Crippen molar-refractivity contribution in [1.82, 2.24) is 0 Å². The molecule has 0 spiro atoms. The van der Waals surface area contributed by atoms with Crippen LogP contribution in [0.2, 0.25) is 0 Å². The zero-order valence-electron chi connectivity index (χ0n) is 27.5. The van der Waals surface area contributed by atoms with E-state index in [2.05, 4.69) is 17.2 Å². The fraction of sp³-hybridized carbons (Fsp3) is 0.436. The van der Waals surface area contributed by atoms with Crippen LogP contribution in [0.25, 0.3) is 11.0 Å². The molecule has 46 heavy (non-hydrogen) atoms. The number of benzene rings is 3. The summed E-state index contributed by atoms with van der Waals surface area (Å²) in [7, 11) is 0. The molecule has 7 nitrogen and oxygen atoms in total. The zero-order valence-corrected chi connectivity index (χ0v) is 27.5. The van der Waals surface area contributed by atoms with Crippen LogP contribution in [0, 0.1) is 6.92 Å². The van der Waals surface area contributed by atoms with Gasteiger partial charge in [-0.1, -0.05) is 90.4 Å². The van der Waals surface area contributed by atoms with Crippen molar-refractivity contribution in [2.45, 2.75) is 104 Å². The molecule has 7 heteroatoms. The Balaban J connectivity index is 1.09. The largest absolute Gasteiger partial charge is 0.494 e. The summed E-state index contributed by atoms with van der Waals surface area (Å²) >= 11 is 0. The molecule has 4 rings (SSSR count). The Morgan fingerprint density at radius 3 is 1.76 bits per heavy atom. The summed E-state index contributed by atoms with van der Waals surface area (Å²) in [5, 5.41) is 9.36. The summed E-state index contributed by atoms with van der Waals surface area (Å²) in [5.41, 5.74) is 2.41. The lowest BCUT2D eigenvalue weighted by atomic mass is 10.0. The molecule has 0 atom stereocenters. The van der Waals surface area contributed by atoms with Crippen molar-refractivity contribution in [3.05, 3.63) is 94.3 Å². The second-order valence-corrected chi connectivity index (χ2v) is 12.0. The van der Waals surface area contributed by atoms with Crippen molar-refractivity contribution < 1.29 is 18.7 Å². The number of carbonyl (C=O) groups excluding carboxylic acids is 1. The molecule has 0 fully saturated rings. The number of carbonyl (C=O) groups is 1. The highest BCUT2D eigenvalue weighted by atomic mass is 16.5. The van der Waals surface area contributed by atoms with Crippen LogP contribution >= 0.6 is 0 Å². The van der Waals surface area contributed by atoms with E-state index in [0.717, 1.165) is 29.7 Å². The van der Waals surface area contributed by atoms with Crippen LogP contribution < -0.4 is 15.1 Å². The maximum Gasteiger partial charge on any atom is 0.343 e. The molecule has 1 heterocycles. The van der Waals surface area contributed by atoms with Crippen molar-refractivity contribution in [3.63, 3.8) is 0 Å². The average molecular weight is 625 g/mol. The first-order valence-corrected chi connectivity index (χ1v) is 17.0. The zero-order chi connectivity index (χ0) is 32.4. The monoisotopic (exact) mass is 624 g/mol. The molecule has 0 amide bonds. The van der Waals surface area contributed by atoms with Crippen molar-refractivity contribution in [1.29, 1.82) is 0 Å². The van der Waals surface area contributed by atoms with Crippen LogP contribution in [0.5, 0.6) is 11.5 Å². The van der Waals surface area contributed by atoms with E-state index in [9.17, 15) is 9.59 Å². The van der Waals surface area contributed by atoms with Gasteiger partial charge >= 0.3 is 11.6 Å². The van der Waals surface area contributed by atoms with Gasteiger partial charge in [0.25, 0.3) is 0 Å². The van der Waals surface area contributed by atoms with Crippen LogP contribution in [0.4, 0.5) is 11.4 Å². The molecule has 0 saturated heterocycles. The van der Waals surface area contributed by atoms with E-state index in [-0.39, 0.29) is 0 Å². The molecule has 0 saturated carbocycles. The summed E-state index contributed by atoms with van der Waals surface area (Å²) < 4.78 is 16.6. The minimum atomic E-state index is -0.525. The molecule has 0 N–H and O–H groups in total. The van der Waals surface area contributed by atoms with Crippen molar-refractivity contribution >= 4 is 28.3 Å². The highest BCUT2D eigenvalue weighted by Gasteiger charge is 2.11. The number of hydrogen-bond donors (Lipinski definition) is 0. The highest BCUT2D eigenvalue weighted by molar-refractivity contribution is 5.92. The van der Waals surface area contributed by atoms with E-state index in [1.54, 1.807) is 42.5 Å². The molecule has 1 aromatic heterocycles. The van der Waals surface area contributed by atoms with Gasteiger partial charge in [-0.3, -0.25) is 0 Å². The topological polar surface area (TPSA) is 90.5 Å². The minimum absolute atomic E-state index is 0.294. The number of hydrogen-bond acceptors (Lipinski definition) is 7. The summed E-state index contributed by atoms with van der Waals surface area (Å²) in [6.07, 6.45) is 18.8. The van der Waals surface area contributed by atoms with Gasteiger partial charge in [-0.05, 0) is 79.6 Å². The Hall–Kier alpha value is -4.26. The number of unbranched alkanes of at least 4 members (excludes halogenated alkanes) is 13. The first kappa shape index (κ1) is 34.6. The smallest absolute Gasteiger partial charge is 0.343 e. The SMILES string of the molecule is CCCCCCCCCCCCCCCCOc1ccc(N=Nc2ccc(C(=O)Oc3ccc4c(C)cc(=O)oc4c3)cc2)cc1. The van der Waals surface area contributed by atoms with E-state index in [1.807, 2.05) is 31.2 Å².